The molecule has 0 amide bonds. The van der Waals surface area contributed by atoms with Gasteiger partial charge in [-0.1, -0.05) is 66.7 Å². The lowest BCUT2D eigenvalue weighted by molar-refractivity contribution is 0.475. The molecule has 0 bridgehead atoms. The third kappa shape index (κ3) is 2.58. The van der Waals surface area contributed by atoms with Crippen LogP contribution in [-0.2, 0) is 5.41 Å². The second-order valence-electron chi connectivity index (χ2n) is 7.22. The SMILES string of the molecule is N#C[C@](c1ccc(O)cc1)(c1ccc2ccccc2c1)c1c[nH]c2ccccc12. The standard InChI is InChI=1S/C26H18N2O/c27-17-26(20-11-13-22(29)14-12-20,24-16-28-25-8-4-3-7-23(24)25)21-10-9-18-5-1-2-6-19(18)15-21/h1-16,28-29H/t26-/m0/s1. The Morgan fingerprint density at radius 3 is 2.24 bits per heavy atom. The fourth-order valence-corrected chi connectivity index (χ4v) is 4.18. The molecular weight excluding hydrogens is 356 g/mol. The molecule has 0 aliphatic carbocycles. The maximum Gasteiger partial charge on any atom is 0.134 e. The van der Waals surface area contributed by atoms with Crippen molar-refractivity contribution in [2.24, 2.45) is 0 Å². The smallest absolute Gasteiger partial charge is 0.134 e. The van der Waals surface area contributed by atoms with Crippen molar-refractivity contribution in [3.63, 3.8) is 0 Å². The summed E-state index contributed by atoms with van der Waals surface area (Å²) in [6.45, 7) is 0. The van der Waals surface area contributed by atoms with Crippen molar-refractivity contribution in [3.05, 3.63) is 114 Å². The van der Waals surface area contributed by atoms with Crippen LogP contribution >= 0.6 is 0 Å². The minimum Gasteiger partial charge on any atom is -0.508 e. The third-order valence-corrected chi connectivity index (χ3v) is 5.64. The van der Waals surface area contributed by atoms with Crippen molar-refractivity contribution in [3.8, 4) is 11.8 Å². The molecule has 2 N–H and O–H groups in total. The van der Waals surface area contributed by atoms with Crippen molar-refractivity contribution in [2.75, 3.05) is 0 Å². The third-order valence-electron chi connectivity index (χ3n) is 5.64. The van der Waals surface area contributed by atoms with Crippen molar-refractivity contribution in [1.82, 2.24) is 4.98 Å². The molecule has 5 rings (SSSR count). The predicted octanol–water partition coefficient (Wildman–Crippen LogP) is 5.88. The van der Waals surface area contributed by atoms with E-state index in [0.29, 0.717) is 0 Å². The summed E-state index contributed by atoms with van der Waals surface area (Å²) >= 11 is 0. The summed E-state index contributed by atoms with van der Waals surface area (Å²) in [4.78, 5) is 3.32. The van der Waals surface area contributed by atoms with Crippen molar-refractivity contribution >= 4 is 21.7 Å². The number of hydrogen-bond donors (Lipinski definition) is 2. The number of para-hydroxylation sites is 1. The molecule has 0 unspecified atom stereocenters. The molecule has 3 heteroatoms. The predicted molar refractivity (Wildman–Crippen MR) is 116 cm³/mol. The van der Waals surface area contributed by atoms with E-state index in [4.69, 9.17) is 0 Å². The Hall–Kier alpha value is -4.03. The monoisotopic (exact) mass is 374 g/mol. The summed E-state index contributed by atoms with van der Waals surface area (Å²) < 4.78 is 0. The highest BCUT2D eigenvalue weighted by Gasteiger charge is 2.39. The minimum atomic E-state index is -1.02. The minimum absolute atomic E-state index is 0.179. The first kappa shape index (κ1) is 17.1. The second kappa shape index (κ2) is 6.54. The van der Waals surface area contributed by atoms with E-state index in [1.165, 1.54) is 0 Å². The fraction of sp³-hybridized carbons (Fsp3) is 0.0385. The lowest BCUT2D eigenvalue weighted by atomic mass is 9.70. The van der Waals surface area contributed by atoms with E-state index < -0.39 is 5.41 Å². The zero-order valence-corrected chi connectivity index (χ0v) is 15.6. The molecule has 0 spiro atoms. The largest absolute Gasteiger partial charge is 0.508 e. The molecule has 138 valence electrons. The molecule has 4 aromatic carbocycles. The van der Waals surface area contributed by atoms with Crippen LogP contribution in [0.5, 0.6) is 5.75 Å². The first-order chi connectivity index (χ1) is 14.2. The number of benzene rings is 4. The van der Waals surface area contributed by atoms with Gasteiger partial charge in [-0.2, -0.15) is 5.26 Å². The Kier molecular flexibility index (Phi) is 3.86. The highest BCUT2D eigenvalue weighted by molar-refractivity contribution is 5.89. The molecule has 1 heterocycles. The van der Waals surface area contributed by atoms with Crippen LogP contribution in [-0.4, -0.2) is 10.1 Å². The van der Waals surface area contributed by atoms with Gasteiger partial charge in [-0.15, -0.1) is 0 Å². The summed E-state index contributed by atoms with van der Waals surface area (Å²) in [5.74, 6) is 0.179. The molecule has 3 nitrogen and oxygen atoms in total. The average Bonchev–Trinajstić information content (AvgIpc) is 3.20. The quantitative estimate of drug-likeness (QED) is 0.414. The van der Waals surface area contributed by atoms with Crippen LogP contribution in [0.3, 0.4) is 0 Å². The van der Waals surface area contributed by atoms with E-state index >= 15 is 0 Å². The van der Waals surface area contributed by atoms with Crippen LogP contribution in [0, 0.1) is 11.3 Å². The van der Waals surface area contributed by atoms with Crippen LogP contribution < -0.4 is 0 Å². The normalized spacial score (nSPS) is 13.2. The molecule has 5 aromatic rings. The van der Waals surface area contributed by atoms with Gasteiger partial charge in [-0.25, -0.2) is 0 Å². The van der Waals surface area contributed by atoms with Gasteiger partial charge in [0.15, 0.2) is 0 Å². The molecular formula is C26H18N2O. The van der Waals surface area contributed by atoms with E-state index in [9.17, 15) is 10.4 Å². The number of H-pyrrole nitrogens is 1. The number of nitrogens with zero attached hydrogens (tertiary/aromatic N) is 1. The van der Waals surface area contributed by atoms with Gasteiger partial charge in [0, 0.05) is 22.7 Å². The maximum atomic E-state index is 10.6. The van der Waals surface area contributed by atoms with E-state index in [2.05, 4.69) is 35.3 Å². The van der Waals surface area contributed by atoms with Gasteiger partial charge < -0.3 is 10.1 Å². The van der Waals surface area contributed by atoms with Crippen LogP contribution in [0.25, 0.3) is 21.7 Å². The Morgan fingerprint density at radius 2 is 1.45 bits per heavy atom. The van der Waals surface area contributed by atoms with Crippen molar-refractivity contribution in [2.45, 2.75) is 5.41 Å². The number of nitrogens with one attached hydrogen (secondary N) is 1. The number of phenolic OH excluding ortho intramolecular Hbond substituents is 1. The summed E-state index contributed by atoms with van der Waals surface area (Å²) in [6, 6.07) is 31.9. The summed E-state index contributed by atoms with van der Waals surface area (Å²) in [5.41, 5.74) is 2.59. The van der Waals surface area contributed by atoms with Crippen molar-refractivity contribution < 1.29 is 5.11 Å². The number of aromatic amines is 1. The lowest BCUT2D eigenvalue weighted by Crippen LogP contribution is -2.27. The van der Waals surface area contributed by atoms with Gasteiger partial charge in [0.1, 0.15) is 11.2 Å². The Balaban J connectivity index is 1.87. The molecule has 0 aliphatic rings. The molecule has 0 saturated carbocycles. The van der Waals surface area contributed by atoms with Gasteiger partial charge in [-0.05, 0) is 46.2 Å². The highest BCUT2D eigenvalue weighted by Crippen LogP contribution is 2.43. The molecule has 1 atom stereocenters. The van der Waals surface area contributed by atoms with E-state index in [1.54, 1.807) is 12.1 Å². The van der Waals surface area contributed by atoms with Crippen LogP contribution in [0.2, 0.25) is 0 Å². The topological polar surface area (TPSA) is 59.8 Å². The number of fused-ring (bicyclic) bond motifs is 2. The van der Waals surface area contributed by atoms with E-state index in [1.807, 2.05) is 60.8 Å². The Morgan fingerprint density at radius 1 is 0.759 bits per heavy atom. The lowest BCUT2D eigenvalue weighted by Gasteiger charge is -2.28. The zero-order chi connectivity index (χ0) is 19.8. The van der Waals surface area contributed by atoms with E-state index in [0.717, 1.165) is 38.4 Å². The molecule has 0 saturated heterocycles. The number of aromatic hydroxyl groups is 1. The van der Waals surface area contributed by atoms with Gasteiger partial charge in [0.05, 0.1) is 6.07 Å². The van der Waals surface area contributed by atoms with Crippen LogP contribution in [0.1, 0.15) is 16.7 Å². The van der Waals surface area contributed by atoms with Crippen LogP contribution in [0.4, 0.5) is 0 Å². The Bertz CT molecular complexity index is 1380. The first-order valence-electron chi connectivity index (χ1n) is 9.49. The van der Waals surface area contributed by atoms with Gasteiger partial charge in [-0.3, -0.25) is 0 Å². The number of aromatic nitrogens is 1. The van der Waals surface area contributed by atoms with Crippen LogP contribution in [0.15, 0.2) is 97.2 Å². The first-order valence-corrected chi connectivity index (χ1v) is 9.49. The molecule has 29 heavy (non-hydrogen) atoms. The molecule has 0 radical (unpaired) electrons. The Labute approximate surface area is 168 Å². The van der Waals surface area contributed by atoms with Gasteiger partial charge in [0.2, 0.25) is 0 Å². The molecule has 0 fully saturated rings. The molecule has 1 aromatic heterocycles. The molecule has 0 aliphatic heterocycles. The summed E-state index contributed by atoms with van der Waals surface area (Å²) in [7, 11) is 0. The summed E-state index contributed by atoms with van der Waals surface area (Å²) in [6.07, 6.45) is 1.93. The highest BCUT2D eigenvalue weighted by atomic mass is 16.3. The van der Waals surface area contributed by atoms with Crippen molar-refractivity contribution in [1.29, 1.82) is 5.26 Å². The second-order valence-corrected chi connectivity index (χ2v) is 7.22. The number of hydrogen-bond acceptors (Lipinski definition) is 2. The van der Waals surface area contributed by atoms with E-state index in [-0.39, 0.29) is 5.75 Å². The number of phenols is 1. The fourth-order valence-electron chi connectivity index (χ4n) is 4.18. The van der Waals surface area contributed by atoms with Gasteiger partial charge in [0.25, 0.3) is 0 Å². The number of rotatable bonds is 3. The maximum absolute atomic E-state index is 10.6. The zero-order valence-electron chi connectivity index (χ0n) is 15.6. The summed E-state index contributed by atoms with van der Waals surface area (Å²) in [5, 5.41) is 23.7. The number of nitriles is 1. The van der Waals surface area contributed by atoms with Gasteiger partial charge >= 0.3 is 0 Å². The average molecular weight is 374 g/mol.